The van der Waals surface area contributed by atoms with Crippen molar-refractivity contribution < 1.29 is 4.74 Å². The van der Waals surface area contributed by atoms with Crippen molar-refractivity contribution in [3.05, 3.63) is 53.9 Å². The first-order chi connectivity index (χ1) is 13.6. The molecule has 0 radical (unpaired) electrons. The Bertz CT molecular complexity index is 894. The summed E-state index contributed by atoms with van der Waals surface area (Å²) >= 11 is 0. The molecular weight excluding hydrogens is 352 g/mol. The Balaban J connectivity index is 1.37. The van der Waals surface area contributed by atoms with Crippen LogP contribution in [0.15, 0.2) is 36.7 Å². The standard InChI is InChI=1S/C21H28N6O/c1-15(2)17-5-4-6-19(13-17)28-14-20-23-24-21(26(20)3)16-7-9-18(10-8-16)27-12-11-22-25-27/h4-6,11-13,15-16,18H,7-10,14H2,1-3H3. The maximum atomic E-state index is 5.99. The van der Waals surface area contributed by atoms with Gasteiger partial charge in [-0.3, -0.25) is 0 Å². The summed E-state index contributed by atoms with van der Waals surface area (Å²) in [7, 11) is 2.04. The molecule has 3 aromatic rings. The molecule has 0 N–H and O–H groups in total. The minimum absolute atomic E-state index is 0.430. The monoisotopic (exact) mass is 380 g/mol. The second kappa shape index (κ2) is 8.12. The predicted molar refractivity (Wildman–Crippen MR) is 106 cm³/mol. The second-order valence-electron chi connectivity index (χ2n) is 7.94. The van der Waals surface area contributed by atoms with Crippen LogP contribution < -0.4 is 4.74 Å². The molecule has 1 aromatic carbocycles. The number of hydrogen-bond acceptors (Lipinski definition) is 5. The minimum Gasteiger partial charge on any atom is -0.486 e. The Morgan fingerprint density at radius 2 is 1.96 bits per heavy atom. The lowest BCUT2D eigenvalue weighted by molar-refractivity contribution is 0.283. The topological polar surface area (TPSA) is 70.7 Å². The molecule has 28 heavy (non-hydrogen) atoms. The first kappa shape index (κ1) is 18.7. The Hall–Kier alpha value is -2.70. The molecule has 2 heterocycles. The Labute approximate surface area is 165 Å². The highest BCUT2D eigenvalue weighted by Crippen LogP contribution is 2.36. The van der Waals surface area contributed by atoms with Crippen molar-refractivity contribution in [3.63, 3.8) is 0 Å². The molecule has 0 amide bonds. The van der Waals surface area contributed by atoms with Gasteiger partial charge in [0, 0.05) is 19.2 Å². The van der Waals surface area contributed by atoms with E-state index in [0.717, 1.165) is 43.1 Å². The molecule has 1 saturated carbocycles. The molecule has 1 aliphatic carbocycles. The lowest BCUT2D eigenvalue weighted by Gasteiger charge is -2.27. The van der Waals surface area contributed by atoms with E-state index in [1.165, 1.54) is 5.56 Å². The molecule has 0 unspecified atom stereocenters. The maximum Gasteiger partial charge on any atom is 0.170 e. The van der Waals surface area contributed by atoms with E-state index in [1.807, 2.05) is 30.1 Å². The van der Waals surface area contributed by atoms with Crippen molar-refractivity contribution in [3.8, 4) is 5.75 Å². The van der Waals surface area contributed by atoms with Gasteiger partial charge in [-0.1, -0.05) is 31.2 Å². The van der Waals surface area contributed by atoms with Crippen molar-refractivity contribution in [2.24, 2.45) is 7.05 Å². The minimum atomic E-state index is 0.430. The van der Waals surface area contributed by atoms with Gasteiger partial charge in [0.25, 0.3) is 0 Å². The molecule has 0 atom stereocenters. The van der Waals surface area contributed by atoms with Crippen molar-refractivity contribution in [2.75, 3.05) is 0 Å². The van der Waals surface area contributed by atoms with Gasteiger partial charge in [0.2, 0.25) is 0 Å². The van der Waals surface area contributed by atoms with Crippen LogP contribution in [0.25, 0.3) is 0 Å². The Kier molecular flexibility index (Phi) is 5.41. The summed E-state index contributed by atoms with van der Waals surface area (Å²) < 4.78 is 10.1. The zero-order chi connectivity index (χ0) is 19.5. The lowest BCUT2D eigenvalue weighted by Crippen LogP contribution is -2.20. The number of ether oxygens (including phenoxy) is 1. The van der Waals surface area contributed by atoms with Crippen LogP contribution in [0.1, 0.15) is 74.6 Å². The molecular formula is C21H28N6O. The SMILES string of the molecule is CC(C)c1cccc(OCc2nnc(C3CCC(n4ccnn4)CC3)n2C)c1. The normalized spacial score (nSPS) is 19.9. The molecule has 0 bridgehead atoms. The van der Waals surface area contributed by atoms with E-state index in [9.17, 15) is 0 Å². The number of rotatable bonds is 6. The largest absolute Gasteiger partial charge is 0.486 e. The molecule has 148 valence electrons. The quantitative estimate of drug-likeness (QED) is 0.646. The Morgan fingerprint density at radius 3 is 2.68 bits per heavy atom. The lowest BCUT2D eigenvalue weighted by atomic mass is 9.85. The van der Waals surface area contributed by atoms with Crippen molar-refractivity contribution in [2.45, 2.75) is 64.0 Å². The highest BCUT2D eigenvalue weighted by Gasteiger charge is 2.27. The zero-order valence-corrected chi connectivity index (χ0v) is 16.8. The maximum absolute atomic E-state index is 5.99. The van der Waals surface area contributed by atoms with Crippen LogP contribution in [0.4, 0.5) is 0 Å². The van der Waals surface area contributed by atoms with Gasteiger partial charge in [0.1, 0.15) is 18.2 Å². The fraction of sp³-hybridized carbons (Fsp3) is 0.524. The Morgan fingerprint density at radius 1 is 1.14 bits per heavy atom. The highest BCUT2D eigenvalue weighted by molar-refractivity contribution is 5.30. The van der Waals surface area contributed by atoms with Crippen LogP contribution in [-0.4, -0.2) is 29.8 Å². The van der Waals surface area contributed by atoms with E-state index >= 15 is 0 Å². The van der Waals surface area contributed by atoms with Crippen LogP contribution in [0.3, 0.4) is 0 Å². The van der Waals surface area contributed by atoms with E-state index in [4.69, 9.17) is 4.74 Å². The molecule has 1 aliphatic rings. The molecule has 7 heteroatoms. The van der Waals surface area contributed by atoms with E-state index in [0.29, 0.717) is 24.5 Å². The third-order valence-electron chi connectivity index (χ3n) is 5.77. The first-order valence-electron chi connectivity index (χ1n) is 10.1. The summed E-state index contributed by atoms with van der Waals surface area (Å²) in [5, 5.41) is 16.9. The van der Waals surface area contributed by atoms with Gasteiger partial charge in [-0.2, -0.15) is 0 Å². The smallest absolute Gasteiger partial charge is 0.170 e. The van der Waals surface area contributed by atoms with E-state index in [2.05, 4.69) is 51.1 Å². The van der Waals surface area contributed by atoms with Gasteiger partial charge in [-0.15, -0.1) is 15.3 Å². The molecule has 0 aliphatic heterocycles. The third-order valence-corrected chi connectivity index (χ3v) is 5.77. The third kappa shape index (κ3) is 3.93. The average molecular weight is 380 g/mol. The summed E-state index contributed by atoms with van der Waals surface area (Å²) in [5.74, 6) is 3.73. The van der Waals surface area contributed by atoms with Crippen molar-refractivity contribution in [1.29, 1.82) is 0 Å². The average Bonchev–Trinajstić information content (AvgIpc) is 3.37. The molecule has 0 saturated heterocycles. The summed E-state index contributed by atoms with van der Waals surface area (Å²) in [6.07, 6.45) is 8.07. The number of nitrogens with zero attached hydrogens (tertiary/aromatic N) is 6. The summed E-state index contributed by atoms with van der Waals surface area (Å²) in [5.41, 5.74) is 1.28. The van der Waals surface area contributed by atoms with E-state index in [-0.39, 0.29) is 0 Å². The van der Waals surface area contributed by atoms with Crippen LogP contribution in [-0.2, 0) is 13.7 Å². The van der Waals surface area contributed by atoms with Gasteiger partial charge >= 0.3 is 0 Å². The highest BCUT2D eigenvalue weighted by atomic mass is 16.5. The molecule has 2 aromatic heterocycles. The molecule has 0 spiro atoms. The van der Waals surface area contributed by atoms with Gasteiger partial charge in [-0.25, -0.2) is 4.68 Å². The second-order valence-corrected chi connectivity index (χ2v) is 7.94. The van der Waals surface area contributed by atoms with Gasteiger partial charge in [0.15, 0.2) is 5.82 Å². The fourth-order valence-electron chi connectivity index (χ4n) is 3.98. The van der Waals surface area contributed by atoms with Crippen molar-refractivity contribution in [1.82, 2.24) is 29.8 Å². The van der Waals surface area contributed by atoms with Crippen molar-refractivity contribution >= 4 is 0 Å². The number of benzene rings is 1. The van der Waals surface area contributed by atoms with E-state index in [1.54, 1.807) is 6.20 Å². The number of hydrogen-bond donors (Lipinski definition) is 0. The molecule has 1 fully saturated rings. The van der Waals surface area contributed by atoms with E-state index < -0.39 is 0 Å². The summed E-state index contributed by atoms with van der Waals surface area (Å²) in [6, 6.07) is 8.72. The predicted octanol–water partition coefficient (Wildman–Crippen LogP) is 4.01. The van der Waals surface area contributed by atoms with Gasteiger partial charge in [-0.05, 0) is 49.3 Å². The van der Waals surface area contributed by atoms with Crippen LogP contribution in [0, 0.1) is 0 Å². The summed E-state index contributed by atoms with van der Waals surface area (Å²) in [6.45, 7) is 4.80. The molecule has 7 nitrogen and oxygen atoms in total. The summed E-state index contributed by atoms with van der Waals surface area (Å²) in [4.78, 5) is 0. The zero-order valence-electron chi connectivity index (χ0n) is 16.8. The van der Waals surface area contributed by atoms with Crippen LogP contribution in [0.5, 0.6) is 5.75 Å². The van der Waals surface area contributed by atoms with Gasteiger partial charge in [0.05, 0.1) is 12.2 Å². The van der Waals surface area contributed by atoms with Gasteiger partial charge < -0.3 is 9.30 Å². The van der Waals surface area contributed by atoms with Crippen LogP contribution in [0.2, 0.25) is 0 Å². The van der Waals surface area contributed by atoms with Crippen LogP contribution >= 0.6 is 0 Å². The number of aromatic nitrogens is 6. The molecule has 4 rings (SSSR count). The fourth-order valence-corrected chi connectivity index (χ4v) is 3.98. The first-order valence-corrected chi connectivity index (χ1v) is 10.1.